The van der Waals surface area contributed by atoms with E-state index in [2.05, 4.69) is 98.3 Å². The molecule has 0 aliphatic heterocycles. The summed E-state index contributed by atoms with van der Waals surface area (Å²) in [7, 11) is 0. The van der Waals surface area contributed by atoms with Gasteiger partial charge in [0, 0.05) is 23.1 Å². The predicted molar refractivity (Wildman–Crippen MR) is 135 cm³/mol. The lowest BCUT2D eigenvalue weighted by molar-refractivity contribution is 0.276. The van der Waals surface area contributed by atoms with Gasteiger partial charge in [-0.2, -0.15) is 5.26 Å². The minimum absolute atomic E-state index is 0.598. The van der Waals surface area contributed by atoms with Crippen LogP contribution in [0.2, 0.25) is 0 Å². The topological polar surface area (TPSA) is 27.0 Å². The fourth-order valence-electron chi connectivity index (χ4n) is 4.04. The summed E-state index contributed by atoms with van der Waals surface area (Å²) in [6.45, 7) is 7.02. The summed E-state index contributed by atoms with van der Waals surface area (Å²) in [5.74, 6) is 0.707. The fourth-order valence-corrected chi connectivity index (χ4v) is 5.23. The van der Waals surface area contributed by atoms with E-state index in [4.69, 9.17) is 5.26 Å². The van der Waals surface area contributed by atoms with Crippen molar-refractivity contribution in [1.29, 1.82) is 5.26 Å². The summed E-state index contributed by atoms with van der Waals surface area (Å²) >= 11 is 7.61. The molecule has 162 valence electrons. The minimum atomic E-state index is 0.598. The zero-order valence-electron chi connectivity index (χ0n) is 18.2. The van der Waals surface area contributed by atoms with Crippen LogP contribution in [-0.4, -0.2) is 27.6 Å². The molecular formula is C26H34Br2N2. The molecular weight excluding hydrogens is 500 g/mol. The molecule has 0 spiro atoms. The van der Waals surface area contributed by atoms with Crippen molar-refractivity contribution < 1.29 is 0 Å². The number of alkyl halides is 2. The maximum absolute atomic E-state index is 7.32. The highest BCUT2D eigenvalue weighted by molar-refractivity contribution is 9.12. The summed E-state index contributed by atoms with van der Waals surface area (Å²) < 4.78 is 0. The van der Waals surface area contributed by atoms with E-state index in [1.54, 1.807) is 6.07 Å². The summed E-state index contributed by atoms with van der Waals surface area (Å²) in [6.07, 6.45) is 6.18. The van der Waals surface area contributed by atoms with Gasteiger partial charge in [0.15, 0.2) is 0 Å². The van der Waals surface area contributed by atoms with Crippen LogP contribution in [0.1, 0.15) is 62.1 Å². The Morgan fingerprint density at radius 2 is 1.63 bits per heavy atom. The van der Waals surface area contributed by atoms with E-state index in [1.807, 2.05) is 0 Å². The molecule has 3 rings (SSSR count). The van der Waals surface area contributed by atoms with Crippen LogP contribution in [0.4, 0.5) is 0 Å². The zero-order valence-corrected chi connectivity index (χ0v) is 21.4. The number of hydrogen-bond donors (Lipinski definition) is 0. The van der Waals surface area contributed by atoms with Gasteiger partial charge in [0.1, 0.15) is 0 Å². The quantitative estimate of drug-likeness (QED) is 0.329. The van der Waals surface area contributed by atoms with Gasteiger partial charge in [-0.15, -0.1) is 0 Å². The van der Waals surface area contributed by atoms with Crippen molar-refractivity contribution in [2.45, 2.75) is 68.1 Å². The van der Waals surface area contributed by atoms with Gasteiger partial charge in [-0.3, -0.25) is 4.90 Å². The monoisotopic (exact) mass is 532 g/mol. The van der Waals surface area contributed by atoms with Crippen molar-refractivity contribution in [3.8, 4) is 6.07 Å². The van der Waals surface area contributed by atoms with Crippen molar-refractivity contribution in [1.82, 2.24) is 4.90 Å². The molecule has 0 N–H and O–H groups in total. The molecule has 1 aliphatic carbocycles. The normalized spacial score (nSPS) is 20.9. The number of nitriles is 1. The molecule has 1 aliphatic rings. The van der Waals surface area contributed by atoms with Crippen LogP contribution in [0.5, 0.6) is 0 Å². The first-order chi connectivity index (χ1) is 14.6. The Labute approximate surface area is 199 Å². The van der Waals surface area contributed by atoms with Crippen molar-refractivity contribution in [3.63, 3.8) is 0 Å². The second kappa shape index (κ2) is 14.0. The van der Waals surface area contributed by atoms with Crippen LogP contribution >= 0.6 is 31.9 Å². The van der Waals surface area contributed by atoms with Crippen LogP contribution in [-0.2, 0) is 13.0 Å². The van der Waals surface area contributed by atoms with E-state index in [1.165, 1.54) is 55.7 Å². The first kappa shape index (κ1) is 25.1. The van der Waals surface area contributed by atoms with Crippen molar-refractivity contribution in [2.24, 2.45) is 0 Å². The molecule has 0 heterocycles. The summed E-state index contributed by atoms with van der Waals surface area (Å²) in [5, 5.41) is 7.32. The largest absolute Gasteiger partial charge is 0.299 e. The third kappa shape index (κ3) is 8.53. The van der Waals surface area contributed by atoms with Gasteiger partial charge >= 0.3 is 0 Å². The molecule has 0 saturated heterocycles. The van der Waals surface area contributed by atoms with Gasteiger partial charge in [0.2, 0.25) is 0 Å². The van der Waals surface area contributed by atoms with Gasteiger partial charge in [-0.1, -0.05) is 93.4 Å². The van der Waals surface area contributed by atoms with E-state index < -0.39 is 0 Å². The standard InChI is InChI=1S/C24H31Br2N.C2H3N/c1-2-27(18-20-7-4-3-5-8-20)16-6-9-19-10-12-21(13-11-19)22-14-15-23(25)24(26)17-22;1-2-3/h3-5,7-8,10-13,22-24H,2,6,9,14-18H2,1H3;1H3. The van der Waals surface area contributed by atoms with E-state index in [-0.39, 0.29) is 0 Å². The molecule has 2 nitrogen and oxygen atoms in total. The Kier molecular flexibility index (Phi) is 11.7. The van der Waals surface area contributed by atoms with Gasteiger partial charge < -0.3 is 0 Å². The second-order valence-electron chi connectivity index (χ2n) is 7.97. The van der Waals surface area contributed by atoms with Crippen LogP contribution in [0.3, 0.4) is 0 Å². The van der Waals surface area contributed by atoms with Crippen molar-refractivity contribution >= 4 is 31.9 Å². The lowest BCUT2D eigenvalue weighted by atomic mass is 9.83. The van der Waals surface area contributed by atoms with Gasteiger partial charge in [-0.05, 0) is 67.8 Å². The third-order valence-electron chi connectivity index (χ3n) is 5.78. The number of halogens is 2. The van der Waals surface area contributed by atoms with Crippen molar-refractivity contribution in [3.05, 3.63) is 71.3 Å². The average molecular weight is 534 g/mol. The molecule has 3 unspecified atom stereocenters. The number of rotatable bonds is 8. The van der Waals surface area contributed by atoms with Crippen molar-refractivity contribution in [2.75, 3.05) is 13.1 Å². The summed E-state index contributed by atoms with van der Waals surface area (Å²) in [6, 6.07) is 22.0. The molecule has 1 saturated carbocycles. The maximum atomic E-state index is 7.32. The van der Waals surface area contributed by atoms with E-state index >= 15 is 0 Å². The number of nitrogens with zero attached hydrogens (tertiary/aromatic N) is 2. The highest BCUT2D eigenvalue weighted by Crippen LogP contribution is 2.39. The molecule has 0 amide bonds. The van der Waals surface area contributed by atoms with Gasteiger partial charge in [-0.25, -0.2) is 0 Å². The number of hydrogen-bond acceptors (Lipinski definition) is 2. The van der Waals surface area contributed by atoms with Crippen LogP contribution in [0.25, 0.3) is 0 Å². The lowest BCUT2D eigenvalue weighted by Crippen LogP contribution is -2.24. The van der Waals surface area contributed by atoms with E-state index in [0.717, 1.165) is 19.6 Å². The molecule has 4 heteroatoms. The Bertz CT molecular complexity index is 755. The Hall–Kier alpha value is -1.15. The Morgan fingerprint density at radius 3 is 2.23 bits per heavy atom. The predicted octanol–water partition coefficient (Wildman–Crippen LogP) is 7.47. The molecule has 0 radical (unpaired) electrons. The molecule has 30 heavy (non-hydrogen) atoms. The zero-order chi connectivity index (χ0) is 21.8. The smallest absolute Gasteiger partial charge is 0.0587 e. The van der Waals surface area contributed by atoms with Gasteiger partial charge in [0.25, 0.3) is 0 Å². The first-order valence-corrected chi connectivity index (χ1v) is 12.8. The highest BCUT2D eigenvalue weighted by atomic mass is 79.9. The molecule has 2 aromatic carbocycles. The SMILES string of the molecule is CC#N.CCN(CCCc1ccc(C2CCC(Br)C(Br)C2)cc1)Cc1ccccc1. The van der Waals surface area contributed by atoms with Crippen LogP contribution in [0, 0.1) is 11.3 Å². The third-order valence-corrected chi connectivity index (χ3v) is 8.60. The average Bonchev–Trinajstić information content (AvgIpc) is 2.77. The van der Waals surface area contributed by atoms with E-state index in [9.17, 15) is 0 Å². The molecule has 3 atom stereocenters. The lowest BCUT2D eigenvalue weighted by Gasteiger charge is -2.30. The number of benzene rings is 2. The van der Waals surface area contributed by atoms with Crippen LogP contribution < -0.4 is 0 Å². The molecule has 1 fully saturated rings. The summed E-state index contributed by atoms with van der Waals surface area (Å²) in [5.41, 5.74) is 4.40. The maximum Gasteiger partial charge on any atom is 0.0587 e. The molecule has 0 bridgehead atoms. The van der Waals surface area contributed by atoms with Gasteiger partial charge in [0.05, 0.1) is 6.07 Å². The highest BCUT2D eigenvalue weighted by Gasteiger charge is 2.27. The molecule has 2 aromatic rings. The first-order valence-electron chi connectivity index (χ1n) is 11.0. The van der Waals surface area contributed by atoms with Crippen LogP contribution in [0.15, 0.2) is 54.6 Å². The second-order valence-corrected chi connectivity index (χ2v) is 10.3. The molecule has 0 aromatic heterocycles. The Balaban J connectivity index is 0.00000101. The minimum Gasteiger partial charge on any atom is -0.299 e. The van der Waals surface area contributed by atoms with E-state index in [0.29, 0.717) is 15.6 Å². The Morgan fingerprint density at radius 1 is 0.967 bits per heavy atom. The fraction of sp³-hybridized carbons (Fsp3) is 0.500. The number of aryl methyl sites for hydroxylation is 1. The summed E-state index contributed by atoms with van der Waals surface area (Å²) in [4.78, 5) is 3.77.